The lowest BCUT2D eigenvalue weighted by Gasteiger charge is -2.36. The Kier molecular flexibility index (Phi) is 4.11. The third-order valence-corrected chi connectivity index (χ3v) is 5.23. The molecule has 3 aromatic rings. The Labute approximate surface area is 152 Å². The van der Waals surface area contributed by atoms with Crippen molar-refractivity contribution >= 4 is 33.6 Å². The van der Waals surface area contributed by atoms with E-state index in [0.29, 0.717) is 37.0 Å². The Hall–Kier alpha value is -2.88. The first kappa shape index (κ1) is 16.6. The molecule has 3 heterocycles. The van der Waals surface area contributed by atoms with E-state index in [9.17, 15) is 14.5 Å². The fourth-order valence-electron chi connectivity index (χ4n) is 3.17. The maximum Gasteiger partial charge on any atom is 0.373 e. The highest BCUT2D eigenvalue weighted by molar-refractivity contribution is 7.15. The molecule has 0 spiro atoms. The highest BCUT2D eigenvalue weighted by Crippen LogP contribution is 2.32. The smallest absolute Gasteiger partial charge is 0.373 e. The van der Waals surface area contributed by atoms with Crippen molar-refractivity contribution in [1.82, 2.24) is 9.38 Å². The fraction of sp³-hybridized carbons (Fsp3) is 0.312. The summed E-state index contributed by atoms with van der Waals surface area (Å²) in [5, 5.41) is 13.3. The average molecular weight is 377 g/mol. The summed E-state index contributed by atoms with van der Waals surface area (Å²) in [5.74, 6) is 0.186. The molecule has 1 aliphatic heterocycles. The lowest BCUT2D eigenvalue weighted by atomic mass is 10.2. The van der Waals surface area contributed by atoms with Crippen LogP contribution in [-0.2, 0) is 0 Å². The van der Waals surface area contributed by atoms with E-state index in [1.165, 1.54) is 28.9 Å². The zero-order valence-corrected chi connectivity index (χ0v) is 14.8. The molecule has 1 fully saturated rings. The fourth-order valence-corrected chi connectivity index (χ4v) is 3.88. The van der Waals surface area contributed by atoms with E-state index >= 15 is 0 Å². The number of methoxy groups -OCH3 is 1. The number of thiazole rings is 1. The molecule has 2 aromatic heterocycles. The molecule has 26 heavy (non-hydrogen) atoms. The second-order valence-electron chi connectivity index (χ2n) is 5.86. The van der Waals surface area contributed by atoms with Crippen LogP contribution in [-0.4, -0.2) is 47.6 Å². The van der Waals surface area contributed by atoms with E-state index in [0.717, 1.165) is 5.69 Å². The number of aromatic nitrogens is 2. The van der Waals surface area contributed by atoms with Crippen LogP contribution in [0.5, 0.6) is 5.75 Å². The summed E-state index contributed by atoms with van der Waals surface area (Å²) in [6.45, 7) is 2.38. The number of ether oxygens (including phenoxy) is 1. The number of imidazole rings is 1. The minimum atomic E-state index is -0.405. The molecule has 0 unspecified atom stereocenters. The molecule has 0 saturated carbocycles. The van der Waals surface area contributed by atoms with E-state index in [2.05, 4.69) is 4.98 Å². The van der Waals surface area contributed by atoms with Crippen LogP contribution >= 0.6 is 11.3 Å². The molecule has 0 bridgehead atoms. The predicted octanol–water partition coefficient (Wildman–Crippen LogP) is 2.78. The van der Waals surface area contributed by atoms with E-state index in [-0.39, 0.29) is 11.6 Å². The normalized spacial score (nSPS) is 14.8. The van der Waals surface area contributed by atoms with Crippen molar-refractivity contribution in [2.75, 3.05) is 43.1 Å². The molecule has 0 atom stereocenters. The number of nitro groups is 1. The molecule has 0 amide bonds. The van der Waals surface area contributed by atoms with Crippen LogP contribution in [0.1, 0.15) is 0 Å². The van der Waals surface area contributed by atoms with Gasteiger partial charge in [-0.15, -0.1) is 0 Å². The molecular formula is C16H16FN5O3S. The maximum atomic E-state index is 13.9. The number of hydrogen-bond donors (Lipinski definition) is 0. The number of anilines is 2. The third kappa shape index (κ3) is 2.71. The maximum absolute atomic E-state index is 13.9. The molecule has 10 heteroatoms. The minimum Gasteiger partial charge on any atom is -0.494 e. The second kappa shape index (κ2) is 6.45. The van der Waals surface area contributed by atoms with Crippen molar-refractivity contribution in [3.63, 3.8) is 0 Å². The lowest BCUT2D eigenvalue weighted by molar-refractivity contribution is -0.389. The van der Waals surface area contributed by atoms with Gasteiger partial charge in [-0.25, -0.2) is 4.39 Å². The molecule has 1 aromatic carbocycles. The van der Waals surface area contributed by atoms with Gasteiger partial charge in [0.2, 0.25) is 5.82 Å². The molecule has 136 valence electrons. The van der Waals surface area contributed by atoms with Crippen LogP contribution in [0.25, 0.3) is 4.96 Å². The number of rotatable bonds is 4. The largest absolute Gasteiger partial charge is 0.494 e. The Morgan fingerprint density at radius 3 is 2.65 bits per heavy atom. The number of hydrogen-bond acceptors (Lipinski definition) is 7. The van der Waals surface area contributed by atoms with Gasteiger partial charge in [-0.2, -0.15) is 9.38 Å². The second-order valence-corrected chi connectivity index (χ2v) is 6.74. The number of fused-ring (bicyclic) bond motifs is 1. The number of nitrogens with zero attached hydrogens (tertiary/aromatic N) is 5. The topological polar surface area (TPSA) is 76.2 Å². The average Bonchev–Trinajstić information content (AvgIpc) is 3.22. The van der Waals surface area contributed by atoms with Gasteiger partial charge >= 0.3 is 5.82 Å². The van der Waals surface area contributed by atoms with Crippen LogP contribution in [0.4, 0.5) is 21.7 Å². The van der Waals surface area contributed by atoms with Gasteiger partial charge in [-0.3, -0.25) is 0 Å². The highest BCUT2D eigenvalue weighted by Gasteiger charge is 2.30. The third-order valence-electron chi connectivity index (χ3n) is 4.47. The van der Waals surface area contributed by atoms with Gasteiger partial charge in [-0.05, 0) is 17.1 Å². The number of halogens is 1. The first-order valence-corrected chi connectivity index (χ1v) is 8.90. The first-order valence-electron chi connectivity index (χ1n) is 8.02. The first-order chi connectivity index (χ1) is 12.6. The van der Waals surface area contributed by atoms with E-state index in [1.807, 2.05) is 15.9 Å². The molecule has 0 N–H and O–H groups in total. The Balaban J connectivity index is 1.54. The predicted molar refractivity (Wildman–Crippen MR) is 97.1 cm³/mol. The van der Waals surface area contributed by atoms with Gasteiger partial charge in [0.25, 0.3) is 4.96 Å². The van der Waals surface area contributed by atoms with Crippen molar-refractivity contribution in [3.8, 4) is 5.75 Å². The van der Waals surface area contributed by atoms with Gasteiger partial charge in [0.1, 0.15) is 6.20 Å². The molecule has 4 rings (SSSR count). The summed E-state index contributed by atoms with van der Waals surface area (Å²) < 4.78 is 20.4. The monoisotopic (exact) mass is 377 g/mol. The summed E-state index contributed by atoms with van der Waals surface area (Å²) in [5.41, 5.74) is 0.767. The van der Waals surface area contributed by atoms with Gasteiger partial charge in [-0.1, -0.05) is 11.3 Å². The Bertz CT molecular complexity index is 964. The van der Waals surface area contributed by atoms with E-state index in [1.54, 1.807) is 17.6 Å². The van der Waals surface area contributed by atoms with Crippen molar-refractivity contribution in [3.05, 3.63) is 45.7 Å². The molecule has 0 aliphatic carbocycles. The summed E-state index contributed by atoms with van der Waals surface area (Å²) in [6, 6.07) is 4.86. The Morgan fingerprint density at radius 2 is 2.00 bits per heavy atom. The number of piperazine rings is 1. The van der Waals surface area contributed by atoms with Crippen molar-refractivity contribution in [2.45, 2.75) is 0 Å². The summed E-state index contributed by atoms with van der Waals surface area (Å²) >= 11 is 1.36. The van der Waals surface area contributed by atoms with Crippen LogP contribution in [0, 0.1) is 15.9 Å². The van der Waals surface area contributed by atoms with Gasteiger partial charge in [0.05, 0.1) is 7.11 Å². The SMILES string of the molecule is COc1ccc(N2CCN(c3nc4sccn4c3[N+](=O)[O-])CC2)cc1F. The summed E-state index contributed by atoms with van der Waals surface area (Å²) in [4.78, 5) is 20.1. The van der Waals surface area contributed by atoms with Gasteiger partial charge < -0.3 is 24.7 Å². The van der Waals surface area contributed by atoms with Crippen LogP contribution in [0.3, 0.4) is 0 Å². The quantitative estimate of drug-likeness (QED) is 0.514. The number of benzene rings is 1. The molecule has 1 aliphatic rings. The molecule has 0 radical (unpaired) electrons. The summed E-state index contributed by atoms with van der Waals surface area (Å²) in [6.07, 6.45) is 1.66. The zero-order valence-electron chi connectivity index (χ0n) is 14.0. The zero-order chi connectivity index (χ0) is 18.3. The molecule has 1 saturated heterocycles. The standard InChI is InChI=1S/C16H16FN5O3S/c1-25-13-3-2-11(10-12(13)17)19-4-6-20(7-5-19)14-15(22(23)24)21-8-9-26-16(21)18-14/h2-3,8-10H,4-7H2,1H3. The minimum absolute atomic E-state index is 0.00908. The van der Waals surface area contributed by atoms with E-state index < -0.39 is 10.7 Å². The summed E-state index contributed by atoms with van der Waals surface area (Å²) in [7, 11) is 1.43. The van der Waals surface area contributed by atoms with Crippen molar-refractivity contribution < 1.29 is 14.1 Å². The van der Waals surface area contributed by atoms with E-state index in [4.69, 9.17) is 4.74 Å². The Morgan fingerprint density at radius 1 is 1.27 bits per heavy atom. The molecule has 8 nitrogen and oxygen atoms in total. The van der Waals surface area contributed by atoms with Crippen LogP contribution in [0.2, 0.25) is 0 Å². The van der Waals surface area contributed by atoms with Crippen LogP contribution in [0.15, 0.2) is 29.8 Å². The van der Waals surface area contributed by atoms with Crippen LogP contribution < -0.4 is 14.5 Å². The lowest BCUT2D eigenvalue weighted by Crippen LogP contribution is -2.46. The highest BCUT2D eigenvalue weighted by atomic mass is 32.1. The van der Waals surface area contributed by atoms with Crippen molar-refractivity contribution in [1.29, 1.82) is 0 Å². The van der Waals surface area contributed by atoms with Gasteiger partial charge in [0, 0.05) is 43.3 Å². The molecular weight excluding hydrogens is 361 g/mol. The van der Waals surface area contributed by atoms with Gasteiger partial charge in [0.15, 0.2) is 11.6 Å². The van der Waals surface area contributed by atoms with Crippen molar-refractivity contribution in [2.24, 2.45) is 0 Å².